The summed E-state index contributed by atoms with van der Waals surface area (Å²) < 4.78 is 39.3. The van der Waals surface area contributed by atoms with Gasteiger partial charge in [-0.25, -0.2) is 9.71 Å². The van der Waals surface area contributed by atoms with E-state index in [9.17, 15) is 13.2 Å². The molecule has 1 unspecified atom stereocenters. The van der Waals surface area contributed by atoms with Crippen molar-refractivity contribution in [1.82, 2.24) is 14.7 Å². The van der Waals surface area contributed by atoms with Crippen molar-refractivity contribution in [2.75, 3.05) is 18.1 Å². The van der Waals surface area contributed by atoms with Gasteiger partial charge in [-0.3, -0.25) is 4.79 Å². The van der Waals surface area contributed by atoms with E-state index in [-0.39, 0.29) is 22.0 Å². The molecule has 4 rings (SSSR count). The van der Waals surface area contributed by atoms with Gasteiger partial charge in [0.2, 0.25) is 5.88 Å². The van der Waals surface area contributed by atoms with E-state index in [0.717, 1.165) is 13.0 Å². The zero-order valence-electron chi connectivity index (χ0n) is 20.8. The van der Waals surface area contributed by atoms with Crippen LogP contribution in [0.2, 0.25) is 0 Å². The average Bonchev–Trinajstić information content (AvgIpc) is 3.12. The molecule has 3 aromatic rings. The van der Waals surface area contributed by atoms with Crippen LogP contribution >= 0.6 is 0 Å². The molecule has 0 radical (unpaired) electrons. The SMILES string of the molecule is CCOc1ccc(Oc2cccc(S(=O)(=O)NC(=O)c3cccnc3N3CC(C)CC3(C)C)n2)cc1. The van der Waals surface area contributed by atoms with E-state index in [4.69, 9.17) is 9.47 Å². The van der Waals surface area contributed by atoms with Gasteiger partial charge in [0.25, 0.3) is 15.9 Å². The number of benzene rings is 1. The number of pyridine rings is 2. The third-order valence-electron chi connectivity index (χ3n) is 5.92. The second kappa shape index (κ2) is 10.1. The van der Waals surface area contributed by atoms with Crippen molar-refractivity contribution in [3.63, 3.8) is 0 Å². The Hall–Kier alpha value is -3.66. The highest BCUT2D eigenvalue weighted by Gasteiger charge is 2.39. The van der Waals surface area contributed by atoms with Gasteiger partial charge in [0, 0.05) is 24.3 Å². The lowest BCUT2D eigenvalue weighted by Gasteiger charge is -2.33. The quantitative estimate of drug-likeness (QED) is 0.474. The van der Waals surface area contributed by atoms with E-state index in [0.29, 0.717) is 29.8 Å². The zero-order chi connectivity index (χ0) is 25.9. The fraction of sp³-hybridized carbons (Fsp3) is 0.346. The van der Waals surface area contributed by atoms with E-state index in [1.54, 1.807) is 42.6 Å². The number of nitrogens with one attached hydrogen (secondary N) is 1. The molecule has 1 aromatic carbocycles. The maximum atomic E-state index is 13.1. The summed E-state index contributed by atoms with van der Waals surface area (Å²) in [4.78, 5) is 23.7. The Morgan fingerprint density at radius 1 is 1.11 bits per heavy atom. The molecule has 36 heavy (non-hydrogen) atoms. The molecule has 0 aliphatic carbocycles. The minimum atomic E-state index is -4.27. The Bertz CT molecular complexity index is 1340. The molecular weight excluding hydrogens is 480 g/mol. The van der Waals surface area contributed by atoms with Crippen molar-refractivity contribution < 1.29 is 22.7 Å². The normalized spacial score (nSPS) is 17.0. The third-order valence-corrected chi connectivity index (χ3v) is 7.15. The molecule has 1 aliphatic heterocycles. The average molecular weight is 511 g/mol. The molecule has 1 N–H and O–H groups in total. The first-order valence-electron chi connectivity index (χ1n) is 11.8. The van der Waals surface area contributed by atoms with Crippen LogP contribution in [0.3, 0.4) is 0 Å². The summed E-state index contributed by atoms with van der Waals surface area (Å²) in [5.74, 6) is 1.34. The Morgan fingerprint density at radius 2 is 1.83 bits per heavy atom. The van der Waals surface area contributed by atoms with Gasteiger partial charge >= 0.3 is 0 Å². The molecule has 1 fully saturated rings. The number of rotatable bonds is 8. The molecule has 10 heteroatoms. The maximum absolute atomic E-state index is 13.1. The zero-order valence-corrected chi connectivity index (χ0v) is 21.6. The van der Waals surface area contributed by atoms with Gasteiger partial charge < -0.3 is 14.4 Å². The predicted molar refractivity (Wildman–Crippen MR) is 136 cm³/mol. The number of hydrogen-bond donors (Lipinski definition) is 1. The highest BCUT2D eigenvalue weighted by Crippen LogP contribution is 2.37. The molecule has 1 atom stereocenters. The lowest BCUT2D eigenvalue weighted by atomic mass is 9.97. The van der Waals surface area contributed by atoms with Crippen molar-refractivity contribution in [3.05, 3.63) is 66.4 Å². The summed E-state index contributed by atoms with van der Waals surface area (Å²) in [6.07, 6.45) is 2.54. The van der Waals surface area contributed by atoms with Gasteiger partial charge in [-0.15, -0.1) is 0 Å². The number of anilines is 1. The Labute approximate surface area is 211 Å². The van der Waals surface area contributed by atoms with Crippen molar-refractivity contribution in [3.8, 4) is 17.4 Å². The summed E-state index contributed by atoms with van der Waals surface area (Å²) in [6.45, 7) is 9.48. The maximum Gasteiger partial charge on any atom is 0.281 e. The number of carbonyl (C=O) groups excluding carboxylic acids is 1. The van der Waals surface area contributed by atoms with Crippen LogP contribution in [-0.4, -0.2) is 43.0 Å². The van der Waals surface area contributed by atoms with Gasteiger partial charge in [-0.05, 0) is 75.6 Å². The second-order valence-corrected chi connectivity index (χ2v) is 11.0. The Balaban J connectivity index is 1.53. The minimum Gasteiger partial charge on any atom is -0.494 e. The number of nitrogens with zero attached hydrogens (tertiary/aromatic N) is 3. The van der Waals surface area contributed by atoms with Crippen molar-refractivity contribution >= 4 is 21.7 Å². The standard InChI is InChI=1S/C26H30N4O5S/c1-5-34-19-11-13-20(14-12-19)35-22-9-6-10-23(28-22)36(32,33)29-25(31)21-8-7-15-27-24(21)30-17-18(2)16-26(30,3)4/h6-15,18H,5,16-17H2,1-4H3,(H,29,31). The van der Waals surface area contributed by atoms with Crippen LogP contribution in [0.1, 0.15) is 44.5 Å². The van der Waals surface area contributed by atoms with E-state index in [2.05, 4.69) is 40.4 Å². The molecule has 1 amide bonds. The molecule has 2 aromatic heterocycles. The lowest BCUT2D eigenvalue weighted by molar-refractivity contribution is 0.0981. The Morgan fingerprint density at radius 3 is 2.50 bits per heavy atom. The van der Waals surface area contributed by atoms with Gasteiger partial charge in [0.15, 0.2) is 5.03 Å². The van der Waals surface area contributed by atoms with Gasteiger partial charge in [0.05, 0.1) is 12.2 Å². The largest absolute Gasteiger partial charge is 0.494 e. The number of hydrogen-bond acceptors (Lipinski definition) is 8. The summed E-state index contributed by atoms with van der Waals surface area (Å²) in [7, 11) is -4.27. The van der Waals surface area contributed by atoms with Crippen molar-refractivity contribution in [2.45, 2.75) is 44.7 Å². The molecule has 1 saturated heterocycles. The van der Waals surface area contributed by atoms with E-state index < -0.39 is 15.9 Å². The highest BCUT2D eigenvalue weighted by atomic mass is 32.2. The first-order chi connectivity index (χ1) is 17.1. The Kier molecular flexibility index (Phi) is 7.16. The number of ether oxygens (including phenoxy) is 2. The van der Waals surface area contributed by atoms with Crippen LogP contribution in [0.5, 0.6) is 17.4 Å². The monoisotopic (exact) mass is 510 g/mol. The van der Waals surface area contributed by atoms with Gasteiger partial charge in [-0.2, -0.15) is 13.4 Å². The topological polar surface area (TPSA) is 111 Å². The summed E-state index contributed by atoms with van der Waals surface area (Å²) >= 11 is 0. The number of sulfonamides is 1. The van der Waals surface area contributed by atoms with Crippen molar-refractivity contribution in [2.24, 2.45) is 5.92 Å². The molecule has 0 bridgehead atoms. The lowest BCUT2D eigenvalue weighted by Crippen LogP contribution is -2.41. The van der Waals surface area contributed by atoms with Crippen LogP contribution in [-0.2, 0) is 10.0 Å². The fourth-order valence-corrected chi connectivity index (χ4v) is 5.40. The molecular formula is C26H30N4O5S. The molecule has 9 nitrogen and oxygen atoms in total. The van der Waals surface area contributed by atoms with Crippen LogP contribution in [0, 0.1) is 5.92 Å². The van der Waals surface area contributed by atoms with Crippen LogP contribution in [0.25, 0.3) is 0 Å². The molecule has 0 spiro atoms. The number of carbonyl (C=O) groups is 1. The number of aromatic nitrogens is 2. The molecule has 0 saturated carbocycles. The van der Waals surface area contributed by atoms with Crippen molar-refractivity contribution in [1.29, 1.82) is 0 Å². The van der Waals surface area contributed by atoms with Crippen LogP contribution in [0.15, 0.2) is 65.8 Å². The van der Waals surface area contributed by atoms with E-state index in [1.165, 1.54) is 18.2 Å². The first kappa shape index (κ1) is 25.4. The predicted octanol–water partition coefficient (Wildman–Crippen LogP) is 4.41. The second-order valence-electron chi connectivity index (χ2n) is 9.36. The third kappa shape index (κ3) is 5.59. The van der Waals surface area contributed by atoms with E-state index >= 15 is 0 Å². The van der Waals surface area contributed by atoms with Gasteiger partial charge in [-0.1, -0.05) is 13.0 Å². The molecule has 3 heterocycles. The smallest absolute Gasteiger partial charge is 0.281 e. The molecule has 1 aliphatic rings. The summed E-state index contributed by atoms with van der Waals surface area (Å²) in [5, 5.41) is -0.333. The van der Waals surface area contributed by atoms with Crippen LogP contribution in [0.4, 0.5) is 5.82 Å². The van der Waals surface area contributed by atoms with Gasteiger partial charge in [0.1, 0.15) is 17.3 Å². The van der Waals surface area contributed by atoms with E-state index in [1.807, 2.05) is 6.92 Å². The summed E-state index contributed by atoms with van der Waals surface area (Å²) in [6, 6.07) is 14.4. The number of amides is 1. The summed E-state index contributed by atoms with van der Waals surface area (Å²) in [5.41, 5.74) is -0.0273. The first-order valence-corrected chi connectivity index (χ1v) is 13.2. The molecule has 190 valence electrons. The fourth-order valence-electron chi connectivity index (χ4n) is 4.47. The highest BCUT2D eigenvalue weighted by molar-refractivity contribution is 7.90. The minimum absolute atomic E-state index is 0.0735. The van der Waals surface area contributed by atoms with Crippen LogP contribution < -0.4 is 19.1 Å².